The summed E-state index contributed by atoms with van der Waals surface area (Å²) in [6, 6.07) is -0.623. The molecule has 0 radical (unpaired) electrons. The van der Waals surface area contributed by atoms with Gasteiger partial charge in [0.25, 0.3) is 0 Å². The smallest absolute Gasteiger partial charge is 0.220 e. The Bertz CT molecular complexity index is 775. The minimum absolute atomic E-state index is 0.0679. The fourth-order valence-electron chi connectivity index (χ4n) is 6.86. The van der Waals surface area contributed by atoms with Gasteiger partial charge in [0.2, 0.25) is 5.91 Å². The van der Waals surface area contributed by atoms with Crippen LogP contribution in [-0.2, 0) is 4.79 Å². The van der Waals surface area contributed by atoms with E-state index in [1.165, 1.54) is 186 Å². The third kappa shape index (κ3) is 39.6. The van der Waals surface area contributed by atoms with Gasteiger partial charge in [-0.3, -0.25) is 4.79 Å². The summed E-state index contributed by atoms with van der Waals surface area (Å²) >= 11 is 0. The van der Waals surface area contributed by atoms with Crippen LogP contribution in [0, 0.1) is 0 Å². The van der Waals surface area contributed by atoms with Gasteiger partial charge in [0.1, 0.15) is 0 Å². The number of rotatable bonds is 41. The Hall–Kier alpha value is -1.39. The van der Waals surface area contributed by atoms with Crippen molar-refractivity contribution in [1.29, 1.82) is 0 Å². The van der Waals surface area contributed by atoms with Crippen molar-refractivity contribution in [2.45, 2.75) is 251 Å². The summed E-state index contributed by atoms with van der Waals surface area (Å²) in [7, 11) is 0. The van der Waals surface area contributed by atoms with Gasteiger partial charge in [-0.15, -0.1) is 0 Å². The normalized spacial score (nSPS) is 13.3. The van der Waals surface area contributed by atoms with Gasteiger partial charge in [0.05, 0.1) is 18.8 Å². The van der Waals surface area contributed by atoms with Gasteiger partial charge >= 0.3 is 0 Å². The van der Waals surface area contributed by atoms with E-state index in [4.69, 9.17) is 0 Å². The predicted molar refractivity (Wildman–Crippen MR) is 225 cm³/mol. The highest BCUT2D eigenvalue weighted by atomic mass is 16.3. The Morgan fingerprint density at radius 2 is 0.804 bits per heavy atom. The number of hydrogen-bond acceptors (Lipinski definition) is 3. The number of allylic oxidation sites excluding steroid dienone is 5. The molecule has 0 aliphatic rings. The maximum Gasteiger partial charge on any atom is 0.220 e. The minimum atomic E-state index is -0.839. The fraction of sp³-hybridized carbons (Fsp3) is 0.851. The molecule has 0 aromatic carbocycles. The van der Waals surface area contributed by atoms with Crippen LogP contribution in [0.4, 0.5) is 0 Å². The van der Waals surface area contributed by atoms with Crippen molar-refractivity contribution in [3.05, 3.63) is 36.5 Å². The molecule has 2 atom stereocenters. The average Bonchev–Trinajstić information content (AvgIpc) is 3.13. The van der Waals surface area contributed by atoms with E-state index in [0.717, 1.165) is 32.1 Å². The first-order valence-electron chi connectivity index (χ1n) is 22.7. The first-order valence-corrected chi connectivity index (χ1v) is 22.7. The molecule has 0 aromatic heterocycles. The first kappa shape index (κ1) is 49.6. The second-order valence-corrected chi connectivity index (χ2v) is 15.5. The summed E-state index contributed by atoms with van der Waals surface area (Å²) in [5.74, 6) is -0.0679. The zero-order valence-electron chi connectivity index (χ0n) is 34.4. The third-order valence-electron chi connectivity index (χ3n) is 10.4. The summed E-state index contributed by atoms with van der Waals surface area (Å²) in [6.07, 6.45) is 56.8. The second kappa shape index (κ2) is 43.0. The molecule has 2 unspecified atom stereocenters. The molecule has 0 fully saturated rings. The average molecular weight is 716 g/mol. The van der Waals surface area contributed by atoms with Crippen LogP contribution in [0.15, 0.2) is 36.5 Å². The molecule has 0 saturated heterocycles. The van der Waals surface area contributed by atoms with Gasteiger partial charge in [0, 0.05) is 6.42 Å². The van der Waals surface area contributed by atoms with Crippen LogP contribution in [0.2, 0.25) is 0 Å². The van der Waals surface area contributed by atoms with Crippen LogP contribution in [0.3, 0.4) is 0 Å². The number of hydrogen-bond donors (Lipinski definition) is 3. The Labute approximate surface area is 319 Å². The van der Waals surface area contributed by atoms with Crippen molar-refractivity contribution in [1.82, 2.24) is 5.32 Å². The molecule has 0 saturated carbocycles. The Kier molecular flexibility index (Phi) is 41.8. The highest BCUT2D eigenvalue weighted by molar-refractivity contribution is 5.76. The molecule has 1 amide bonds. The maximum absolute atomic E-state index is 12.4. The number of aliphatic hydroxyl groups excluding tert-OH is 2. The molecular weight excluding hydrogens is 627 g/mol. The van der Waals surface area contributed by atoms with Crippen LogP contribution in [0.5, 0.6) is 0 Å². The molecule has 0 bridgehead atoms. The van der Waals surface area contributed by atoms with Crippen molar-refractivity contribution >= 4 is 5.91 Å². The van der Waals surface area contributed by atoms with Crippen molar-refractivity contribution in [2.75, 3.05) is 6.61 Å². The second-order valence-electron chi connectivity index (χ2n) is 15.5. The summed E-state index contributed by atoms with van der Waals surface area (Å²) < 4.78 is 0. The highest BCUT2D eigenvalue weighted by Crippen LogP contribution is 2.15. The molecule has 51 heavy (non-hydrogen) atoms. The van der Waals surface area contributed by atoms with Gasteiger partial charge in [-0.25, -0.2) is 0 Å². The molecule has 4 nitrogen and oxygen atoms in total. The van der Waals surface area contributed by atoms with Crippen LogP contribution in [0.25, 0.3) is 0 Å². The lowest BCUT2D eigenvalue weighted by Crippen LogP contribution is -2.45. The SMILES string of the molecule is CCCCCCCCCCC/C=C\C/C=C\CCCCCCCCCCCC(=O)NC(CO)C(O)/C=C/CCCCCCCCCCCCCC. The van der Waals surface area contributed by atoms with Gasteiger partial charge < -0.3 is 15.5 Å². The monoisotopic (exact) mass is 716 g/mol. The van der Waals surface area contributed by atoms with Gasteiger partial charge in [-0.2, -0.15) is 0 Å². The van der Waals surface area contributed by atoms with E-state index >= 15 is 0 Å². The van der Waals surface area contributed by atoms with Crippen molar-refractivity contribution in [3.63, 3.8) is 0 Å². The maximum atomic E-state index is 12.4. The fourth-order valence-corrected chi connectivity index (χ4v) is 6.86. The van der Waals surface area contributed by atoms with Crippen LogP contribution in [0.1, 0.15) is 239 Å². The van der Waals surface area contributed by atoms with Crippen LogP contribution < -0.4 is 5.32 Å². The Balaban J connectivity index is 3.55. The highest BCUT2D eigenvalue weighted by Gasteiger charge is 2.17. The van der Waals surface area contributed by atoms with E-state index in [9.17, 15) is 15.0 Å². The topological polar surface area (TPSA) is 69.6 Å². The van der Waals surface area contributed by atoms with E-state index in [-0.39, 0.29) is 12.5 Å². The molecule has 0 aliphatic carbocycles. The lowest BCUT2D eigenvalue weighted by atomic mass is 10.0. The zero-order chi connectivity index (χ0) is 37.1. The van der Waals surface area contributed by atoms with Crippen LogP contribution >= 0.6 is 0 Å². The molecule has 0 aliphatic heterocycles. The molecule has 4 heteroatoms. The lowest BCUT2D eigenvalue weighted by molar-refractivity contribution is -0.123. The number of carbonyl (C=O) groups is 1. The van der Waals surface area contributed by atoms with E-state index in [0.29, 0.717) is 6.42 Å². The van der Waals surface area contributed by atoms with Crippen LogP contribution in [-0.4, -0.2) is 34.9 Å². The Morgan fingerprint density at radius 3 is 1.18 bits per heavy atom. The standard InChI is InChI=1S/C47H89NO3/c1-3-5-7-9-11-13-15-17-19-20-21-22-23-24-25-26-27-28-29-31-33-35-37-39-41-43-47(51)48-45(44-49)46(50)42-40-38-36-34-32-30-18-16-14-12-10-8-6-4-2/h21-22,24-25,40,42,45-46,49-50H,3-20,23,26-39,41,43-44H2,1-2H3,(H,48,51)/b22-21-,25-24-,42-40+. The summed E-state index contributed by atoms with van der Waals surface area (Å²) in [6.45, 7) is 4.31. The third-order valence-corrected chi connectivity index (χ3v) is 10.4. The first-order chi connectivity index (χ1) is 25.2. The number of aliphatic hydroxyl groups is 2. The molecule has 0 rings (SSSR count). The molecule has 0 heterocycles. The predicted octanol–water partition coefficient (Wildman–Crippen LogP) is 14.2. The van der Waals surface area contributed by atoms with E-state index in [1.54, 1.807) is 6.08 Å². The quantitative estimate of drug-likeness (QED) is 0.0436. The number of nitrogens with one attached hydrogen (secondary N) is 1. The van der Waals surface area contributed by atoms with Crippen molar-refractivity contribution < 1.29 is 15.0 Å². The minimum Gasteiger partial charge on any atom is -0.394 e. The Morgan fingerprint density at radius 1 is 0.471 bits per heavy atom. The van der Waals surface area contributed by atoms with Gasteiger partial charge in [-0.1, -0.05) is 217 Å². The molecular formula is C47H89NO3. The van der Waals surface area contributed by atoms with Crippen molar-refractivity contribution in [3.8, 4) is 0 Å². The number of unbranched alkanes of at least 4 members (excludes halogenated alkanes) is 30. The van der Waals surface area contributed by atoms with E-state index in [1.807, 2.05) is 6.08 Å². The molecule has 3 N–H and O–H groups in total. The summed E-state index contributed by atoms with van der Waals surface area (Å²) in [5, 5.41) is 23.0. The number of carbonyl (C=O) groups excluding carboxylic acids is 1. The number of amides is 1. The molecule has 0 spiro atoms. The summed E-state index contributed by atoms with van der Waals surface area (Å²) in [5.41, 5.74) is 0. The summed E-state index contributed by atoms with van der Waals surface area (Å²) in [4.78, 5) is 12.4. The van der Waals surface area contributed by atoms with Gasteiger partial charge in [-0.05, 0) is 51.4 Å². The lowest BCUT2D eigenvalue weighted by Gasteiger charge is -2.20. The van der Waals surface area contributed by atoms with E-state index < -0.39 is 12.1 Å². The zero-order valence-corrected chi connectivity index (χ0v) is 34.4. The van der Waals surface area contributed by atoms with E-state index in [2.05, 4.69) is 43.5 Å². The van der Waals surface area contributed by atoms with Crippen molar-refractivity contribution in [2.24, 2.45) is 0 Å². The largest absolute Gasteiger partial charge is 0.394 e. The molecule has 300 valence electrons. The van der Waals surface area contributed by atoms with Gasteiger partial charge in [0.15, 0.2) is 0 Å². The molecule has 0 aromatic rings.